The maximum Gasteiger partial charge on any atom is 0.254 e. The van der Waals surface area contributed by atoms with E-state index in [0.717, 1.165) is 41.8 Å². The number of amides is 1. The second kappa shape index (κ2) is 8.40. The van der Waals surface area contributed by atoms with Crippen LogP contribution in [0.4, 0.5) is 5.00 Å². The number of rotatable bonds is 5. The van der Waals surface area contributed by atoms with E-state index >= 15 is 0 Å². The van der Waals surface area contributed by atoms with Gasteiger partial charge in [0, 0.05) is 23.2 Å². The number of hydrogen-bond donors (Lipinski definition) is 2. The lowest BCUT2D eigenvalue weighted by Crippen LogP contribution is -2.24. The molecule has 142 valence electrons. The average molecular weight is 391 g/mol. The molecule has 2 aromatic carbocycles. The van der Waals surface area contributed by atoms with Gasteiger partial charge < -0.3 is 10.4 Å². The van der Waals surface area contributed by atoms with Gasteiger partial charge in [-0.15, -0.1) is 11.3 Å². The summed E-state index contributed by atoms with van der Waals surface area (Å²) in [5, 5.41) is 13.7. The third-order valence-corrected chi connectivity index (χ3v) is 6.13. The molecule has 1 aromatic heterocycles. The summed E-state index contributed by atoms with van der Waals surface area (Å²) in [6, 6.07) is 17.0. The maximum atomic E-state index is 13.0. The molecule has 0 aliphatic heterocycles. The standard InChI is InChI=1S/C23H22N2O2S/c26-19-12-6-4-10-17(19)15-25-23-21(18-11-5-7-13-20(18)28-23)22(27)24-14-16-8-2-1-3-9-16/h1-4,6,8-10,12,15,26H,5,7,11,13-14H2,(H,24,27)/b25-15+. The summed E-state index contributed by atoms with van der Waals surface area (Å²) >= 11 is 1.60. The van der Waals surface area contributed by atoms with Crippen molar-refractivity contribution in [2.45, 2.75) is 32.2 Å². The van der Waals surface area contributed by atoms with E-state index in [4.69, 9.17) is 0 Å². The van der Waals surface area contributed by atoms with Crippen LogP contribution in [0.3, 0.4) is 0 Å². The van der Waals surface area contributed by atoms with Gasteiger partial charge in [0.05, 0.1) is 5.56 Å². The van der Waals surface area contributed by atoms with Gasteiger partial charge in [0.15, 0.2) is 0 Å². The minimum atomic E-state index is -0.0762. The number of thiophene rings is 1. The number of benzene rings is 2. The van der Waals surface area contributed by atoms with Crippen LogP contribution in [0.2, 0.25) is 0 Å². The van der Waals surface area contributed by atoms with Crippen LogP contribution in [0.1, 0.15) is 44.8 Å². The van der Waals surface area contributed by atoms with Crippen LogP contribution in [0.5, 0.6) is 5.75 Å². The van der Waals surface area contributed by atoms with E-state index in [0.29, 0.717) is 17.7 Å². The Bertz CT molecular complexity index is 1010. The first-order chi connectivity index (χ1) is 13.7. The molecular weight excluding hydrogens is 368 g/mol. The maximum absolute atomic E-state index is 13.0. The molecule has 3 aromatic rings. The Hall–Kier alpha value is -2.92. The molecule has 1 aliphatic carbocycles. The molecule has 1 amide bonds. The van der Waals surface area contributed by atoms with E-state index in [2.05, 4.69) is 10.3 Å². The van der Waals surface area contributed by atoms with E-state index in [-0.39, 0.29) is 11.7 Å². The number of fused-ring (bicyclic) bond motifs is 1. The molecule has 0 spiro atoms. The van der Waals surface area contributed by atoms with Gasteiger partial charge in [-0.3, -0.25) is 4.79 Å². The van der Waals surface area contributed by atoms with Crippen molar-refractivity contribution < 1.29 is 9.90 Å². The molecule has 0 fully saturated rings. The minimum Gasteiger partial charge on any atom is -0.507 e. The summed E-state index contributed by atoms with van der Waals surface area (Å²) in [6.07, 6.45) is 5.82. The van der Waals surface area contributed by atoms with Crippen LogP contribution in [-0.2, 0) is 19.4 Å². The molecule has 0 saturated heterocycles. The van der Waals surface area contributed by atoms with E-state index in [1.54, 1.807) is 29.7 Å². The van der Waals surface area contributed by atoms with E-state index in [1.807, 2.05) is 42.5 Å². The quantitative estimate of drug-likeness (QED) is 0.601. The average Bonchev–Trinajstić information content (AvgIpc) is 3.10. The lowest BCUT2D eigenvalue weighted by atomic mass is 9.95. The Morgan fingerprint density at radius 2 is 1.82 bits per heavy atom. The van der Waals surface area contributed by atoms with Gasteiger partial charge >= 0.3 is 0 Å². The fourth-order valence-corrected chi connectivity index (χ4v) is 4.70. The molecule has 1 aliphatic rings. The largest absolute Gasteiger partial charge is 0.507 e. The highest BCUT2D eigenvalue weighted by Crippen LogP contribution is 2.40. The number of nitrogens with zero attached hydrogens (tertiary/aromatic N) is 1. The molecule has 2 N–H and O–H groups in total. The smallest absolute Gasteiger partial charge is 0.254 e. The zero-order valence-electron chi connectivity index (χ0n) is 15.5. The van der Waals surface area contributed by atoms with Crippen molar-refractivity contribution >= 4 is 28.5 Å². The first kappa shape index (κ1) is 18.4. The molecule has 4 nitrogen and oxygen atoms in total. The van der Waals surface area contributed by atoms with E-state index in [1.165, 1.54) is 4.88 Å². The lowest BCUT2D eigenvalue weighted by molar-refractivity contribution is 0.0951. The second-order valence-electron chi connectivity index (χ2n) is 6.88. The first-order valence-electron chi connectivity index (χ1n) is 9.51. The zero-order chi connectivity index (χ0) is 19.3. The first-order valence-corrected chi connectivity index (χ1v) is 10.3. The molecule has 0 atom stereocenters. The van der Waals surface area contributed by atoms with Crippen molar-refractivity contribution in [1.29, 1.82) is 0 Å². The third-order valence-electron chi connectivity index (χ3n) is 4.93. The van der Waals surface area contributed by atoms with Gasteiger partial charge in [-0.05, 0) is 48.9 Å². The van der Waals surface area contributed by atoms with E-state index in [9.17, 15) is 9.90 Å². The summed E-state index contributed by atoms with van der Waals surface area (Å²) in [4.78, 5) is 18.9. The topological polar surface area (TPSA) is 61.7 Å². The number of para-hydroxylation sites is 1. The highest BCUT2D eigenvalue weighted by atomic mass is 32.1. The predicted octanol–water partition coefficient (Wildman–Crippen LogP) is 5.01. The van der Waals surface area contributed by atoms with Crippen LogP contribution in [0, 0.1) is 0 Å². The molecule has 4 rings (SSSR count). The molecule has 0 radical (unpaired) electrons. The van der Waals surface area contributed by atoms with Crippen LogP contribution >= 0.6 is 11.3 Å². The van der Waals surface area contributed by atoms with Crippen molar-refractivity contribution in [3.05, 3.63) is 81.7 Å². The number of hydrogen-bond acceptors (Lipinski definition) is 4. The fraction of sp³-hybridized carbons (Fsp3) is 0.217. The number of aromatic hydroxyl groups is 1. The molecular formula is C23H22N2O2S. The van der Waals surface area contributed by atoms with Crippen molar-refractivity contribution in [3.8, 4) is 5.75 Å². The monoisotopic (exact) mass is 390 g/mol. The molecule has 0 unspecified atom stereocenters. The van der Waals surface area contributed by atoms with Crippen LogP contribution in [0.15, 0.2) is 59.6 Å². The zero-order valence-corrected chi connectivity index (χ0v) is 16.3. The summed E-state index contributed by atoms with van der Waals surface area (Å²) < 4.78 is 0. The number of phenolic OH excluding ortho intramolecular Hbond substituents is 1. The highest BCUT2D eigenvalue weighted by Gasteiger charge is 2.25. The summed E-state index contributed by atoms with van der Waals surface area (Å²) in [6.45, 7) is 0.493. The summed E-state index contributed by atoms with van der Waals surface area (Å²) in [7, 11) is 0. The molecule has 1 heterocycles. The Balaban J connectivity index is 1.62. The predicted molar refractivity (Wildman–Crippen MR) is 114 cm³/mol. The summed E-state index contributed by atoms with van der Waals surface area (Å²) in [5.74, 6) is 0.107. The Labute approximate surface area is 168 Å². The number of nitrogens with one attached hydrogen (secondary N) is 1. The molecule has 28 heavy (non-hydrogen) atoms. The van der Waals surface area contributed by atoms with Crippen molar-refractivity contribution in [2.75, 3.05) is 0 Å². The number of aryl methyl sites for hydroxylation is 1. The van der Waals surface area contributed by atoms with Gasteiger partial charge in [0.2, 0.25) is 0 Å². The van der Waals surface area contributed by atoms with Gasteiger partial charge in [0.1, 0.15) is 10.8 Å². The van der Waals surface area contributed by atoms with Crippen molar-refractivity contribution in [2.24, 2.45) is 4.99 Å². The Kier molecular flexibility index (Phi) is 5.53. The number of aliphatic imine (C=N–C) groups is 1. The number of carbonyl (C=O) groups is 1. The molecule has 5 heteroatoms. The van der Waals surface area contributed by atoms with Crippen molar-refractivity contribution in [3.63, 3.8) is 0 Å². The third kappa shape index (κ3) is 3.99. The SMILES string of the molecule is O=C(NCc1ccccc1)c1c(/N=C/c2ccccc2O)sc2c1CCCC2. The number of phenols is 1. The van der Waals surface area contributed by atoms with Gasteiger partial charge in [-0.2, -0.15) is 0 Å². The fourth-order valence-electron chi connectivity index (χ4n) is 3.47. The van der Waals surface area contributed by atoms with Gasteiger partial charge in [-0.1, -0.05) is 42.5 Å². The normalized spacial score (nSPS) is 13.4. The summed E-state index contributed by atoms with van der Waals surface area (Å²) in [5.41, 5.74) is 3.55. The van der Waals surface area contributed by atoms with Crippen LogP contribution in [0.25, 0.3) is 0 Å². The second-order valence-corrected chi connectivity index (χ2v) is 7.96. The number of carbonyl (C=O) groups excluding carboxylic acids is 1. The minimum absolute atomic E-state index is 0.0762. The van der Waals surface area contributed by atoms with E-state index < -0.39 is 0 Å². The van der Waals surface area contributed by atoms with Gasteiger partial charge in [-0.25, -0.2) is 4.99 Å². The van der Waals surface area contributed by atoms with Gasteiger partial charge in [0.25, 0.3) is 5.91 Å². The molecule has 0 bridgehead atoms. The molecule has 0 saturated carbocycles. The van der Waals surface area contributed by atoms with Crippen molar-refractivity contribution in [1.82, 2.24) is 5.32 Å². The Morgan fingerprint density at radius 1 is 1.07 bits per heavy atom. The van der Waals surface area contributed by atoms with Crippen LogP contribution < -0.4 is 5.32 Å². The van der Waals surface area contributed by atoms with Crippen LogP contribution in [-0.4, -0.2) is 17.2 Å². The lowest BCUT2D eigenvalue weighted by Gasteiger charge is -2.12. The Morgan fingerprint density at radius 3 is 2.64 bits per heavy atom. The highest BCUT2D eigenvalue weighted by molar-refractivity contribution is 7.16.